The first kappa shape index (κ1) is 33.8. The molecule has 0 rings (SSSR count). The number of carboxylic acid groups (broad SMARTS) is 4. The van der Waals surface area contributed by atoms with Crippen LogP contribution in [0.2, 0.25) is 8.87 Å². The summed E-state index contributed by atoms with van der Waals surface area (Å²) in [5.74, 6) is -3.96. The van der Waals surface area contributed by atoms with Crippen molar-refractivity contribution in [3.05, 3.63) is 23.3 Å². The quantitative estimate of drug-likeness (QED) is 0.229. The van der Waals surface area contributed by atoms with Crippen LogP contribution in [0.15, 0.2) is 23.3 Å². The van der Waals surface area contributed by atoms with Gasteiger partial charge in [0.15, 0.2) is 0 Å². The molecule has 0 saturated carbocycles. The maximum Gasteiger partial charge on any atom is 0.0675 e. The predicted molar refractivity (Wildman–Crippen MR) is 111 cm³/mol. The molecule has 0 amide bonds. The number of aliphatic carboxylic acids is 4. The van der Waals surface area contributed by atoms with E-state index in [9.17, 15) is 39.6 Å². The Labute approximate surface area is 195 Å². The number of carbonyl (C=O) groups excluding carboxylic acids is 4. The largest absolute Gasteiger partial charge is 0.545 e. The molecule has 31 heavy (non-hydrogen) atoms. The van der Waals surface area contributed by atoms with E-state index >= 15 is 0 Å². The van der Waals surface area contributed by atoms with Crippen molar-refractivity contribution < 1.29 is 39.6 Å². The third-order valence-electron chi connectivity index (χ3n) is 3.25. The third kappa shape index (κ3) is 28.2. The van der Waals surface area contributed by atoms with E-state index in [0.717, 1.165) is 11.8 Å². The van der Waals surface area contributed by atoms with E-state index in [0.29, 0.717) is 25.0 Å². The Kier molecular flexibility index (Phi) is 23.3. The fraction of sp³-hybridized carbons (Fsp3) is 0.636. The zero-order valence-electron chi connectivity index (χ0n) is 19.3. The van der Waals surface area contributed by atoms with E-state index < -0.39 is 23.9 Å². The molecule has 0 aromatic heterocycles. The van der Waals surface area contributed by atoms with Crippen molar-refractivity contribution in [2.75, 3.05) is 0 Å². The predicted octanol–water partition coefficient (Wildman–Crippen LogP) is -0.735. The van der Waals surface area contributed by atoms with Crippen molar-refractivity contribution in [2.45, 2.75) is 76.1 Å². The summed E-state index contributed by atoms with van der Waals surface area (Å²) < 4.78 is 3.14. The van der Waals surface area contributed by atoms with Crippen LogP contribution in [0.5, 0.6) is 0 Å². The Hall–Kier alpha value is -1.84. The van der Waals surface area contributed by atoms with Crippen LogP contribution in [0.4, 0.5) is 0 Å². The zero-order chi connectivity index (χ0) is 25.0. The minimum absolute atomic E-state index is 0.0709. The maximum atomic E-state index is 10.2. The van der Waals surface area contributed by atoms with Gasteiger partial charge in [-0.3, -0.25) is 0 Å². The van der Waals surface area contributed by atoms with Gasteiger partial charge in [0.2, 0.25) is 0 Å². The molecule has 0 N–H and O–H groups in total. The first-order chi connectivity index (χ1) is 14.3. The fourth-order valence-corrected chi connectivity index (χ4v) is 5.72. The summed E-state index contributed by atoms with van der Waals surface area (Å²) in [5, 5.41) is 40.1. The van der Waals surface area contributed by atoms with Crippen LogP contribution in [0.1, 0.15) is 67.2 Å². The molecule has 0 atom stereocenters. The van der Waals surface area contributed by atoms with Crippen molar-refractivity contribution >= 4 is 45.0 Å². The first-order valence-corrected chi connectivity index (χ1v) is 14.3. The SMILES string of the molecule is CC(C)[CH2][Sn+4][CH2]C(C)C.CCC/C(=C/C(=O)[O-])C(=O)[O-].CCC/C(=C/C(=O)[O-])C(=O)[O-]. The van der Waals surface area contributed by atoms with Gasteiger partial charge in [-0.25, -0.2) is 0 Å². The van der Waals surface area contributed by atoms with Gasteiger partial charge in [-0.2, -0.15) is 0 Å². The monoisotopic (exact) mass is 546 g/mol. The number of rotatable bonds is 12. The summed E-state index contributed by atoms with van der Waals surface area (Å²) in [6.45, 7) is 12.8. The zero-order valence-corrected chi connectivity index (χ0v) is 22.2. The number of carboxylic acids is 4. The molecule has 0 aliphatic heterocycles. The van der Waals surface area contributed by atoms with Crippen LogP contribution in [0.25, 0.3) is 0 Å². The maximum absolute atomic E-state index is 10.2. The summed E-state index contributed by atoms with van der Waals surface area (Å²) in [6.07, 6.45) is 2.62. The third-order valence-corrected chi connectivity index (χ3v) is 9.56. The van der Waals surface area contributed by atoms with Gasteiger partial charge in [-0.1, -0.05) is 26.7 Å². The van der Waals surface area contributed by atoms with Gasteiger partial charge in [-0.15, -0.1) is 0 Å². The van der Waals surface area contributed by atoms with Crippen molar-refractivity contribution in [1.82, 2.24) is 0 Å². The Morgan fingerprint density at radius 3 is 1.13 bits per heavy atom. The molecular weight excluding hydrogens is 511 g/mol. The molecule has 0 aliphatic rings. The summed E-state index contributed by atoms with van der Waals surface area (Å²) >= 11 is 0.0709. The minimum Gasteiger partial charge on any atom is -0.545 e. The number of carbonyl (C=O) groups is 4. The molecule has 174 valence electrons. The van der Waals surface area contributed by atoms with Crippen molar-refractivity contribution in [1.29, 1.82) is 0 Å². The van der Waals surface area contributed by atoms with Crippen LogP contribution in [0, 0.1) is 11.8 Å². The Morgan fingerprint density at radius 2 is 0.968 bits per heavy atom. The second-order valence-electron chi connectivity index (χ2n) is 7.50. The summed E-state index contributed by atoms with van der Waals surface area (Å²) in [4.78, 5) is 40.1. The molecule has 0 fully saturated rings. The van der Waals surface area contributed by atoms with E-state index in [4.69, 9.17) is 0 Å². The van der Waals surface area contributed by atoms with E-state index in [1.807, 2.05) is 0 Å². The molecule has 8 nitrogen and oxygen atoms in total. The fourth-order valence-electron chi connectivity index (χ4n) is 1.95. The van der Waals surface area contributed by atoms with Gasteiger partial charge in [0.1, 0.15) is 0 Å². The van der Waals surface area contributed by atoms with Gasteiger partial charge < -0.3 is 39.6 Å². The molecule has 0 bridgehead atoms. The number of hydrogen-bond donors (Lipinski definition) is 0. The van der Waals surface area contributed by atoms with E-state index in [2.05, 4.69) is 27.7 Å². The second-order valence-corrected chi connectivity index (χ2v) is 11.3. The average Bonchev–Trinajstić information content (AvgIpc) is 2.60. The van der Waals surface area contributed by atoms with Gasteiger partial charge >= 0.3 is 69.5 Å². The minimum atomic E-state index is -1.50. The van der Waals surface area contributed by atoms with E-state index in [-0.39, 0.29) is 45.1 Å². The van der Waals surface area contributed by atoms with Crippen molar-refractivity contribution in [3.63, 3.8) is 0 Å². The van der Waals surface area contributed by atoms with E-state index in [1.54, 1.807) is 22.7 Å². The molecular formula is C22H34O8Sn. The average molecular weight is 545 g/mol. The molecule has 0 unspecified atom stereocenters. The number of hydrogen-bond acceptors (Lipinski definition) is 8. The molecule has 0 aliphatic carbocycles. The molecule has 0 aromatic carbocycles. The van der Waals surface area contributed by atoms with Crippen molar-refractivity contribution in [3.8, 4) is 0 Å². The van der Waals surface area contributed by atoms with Gasteiger partial charge in [-0.05, 0) is 36.1 Å². The van der Waals surface area contributed by atoms with Crippen LogP contribution >= 0.6 is 0 Å². The first-order valence-electron chi connectivity index (χ1n) is 10.2. The normalized spacial score (nSPS) is 11.2. The van der Waals surface area contributed by atoms with Gasteiger partial charge in [0.25, 0.3) is 0 Å². The Morgan fingerprint density at radius 1 is 0.677 bits per heavy atom. The molecule has 0 saturated heterocycles. The van der Waals surface area contributed by atoms with Crippen LogP contribution in [0.3, 0.4) is 0 Å². The molecule has 9 heteroatoms. The topological polar surface area (TPSA) is 161 Å². The summed E-state index contributed by atoms with van der Waals surface area (Å²) in [6, 6.07) is 0. The van der Waals surface area contributed by atoms with Crippen molar-refractivity contribution in [2.24, 2.45) is 11.8 Å². The standard InChI is InChI=1S/2C7H10O4.2C4H9.Sn/c2*1-2-3-5(7(10)11)4-6(8)9;2*1-4(2)3;/h2*4H,2-3H2,1H3,(H,8,9)(H,10,11);2*4H,1H2,2-3H3;/q;;;;+4/p-4/b2*5-4-;;;. The Balaban J connectivity index is -0.000000382. The van der Waals surface area contributed by atoms with Gasteiger partial charge in [0, 0.05) is 0 Å². The molecule has 0 spiro atoms. The summed E-state index contributed by atoms with van der Waals surface area (Å²) in [7, 11) is 0. The molecule has 0 heterocycles. The molecule has 6 radical (unpaired) electrons. The van der Waals surface area contributed by atoms with Gasteiger partial charge in [0.05, 0.1) is 23.9 Å². The second kappa shape index (κ2) is 21.4. The van der Waals surface area contributed by atoms with E-state index in [1.165, 1.54) is 0 Å². The van der Waals surface area contributed by atoms with Crippen LogP contribution in [-0.4, -0.2) is 45.0 Å². The summed E-state index contributed by atoms with van der Waals surface area (Å²) in [5.41, 5.74) is -0.458. The van der Waals surface area contributed by atoms with Crippen LogP contribution in [-0.2, 0) is 19.2 Å². The Bertz CT molecular complexity index is 555. The smallest absolute Gasteiger partial charge is 0.0675 e. The van der Waals surface area contributed by atoms with Crippen LogP contribution < -0.4 is 20.4 Å². The molecule has 0 aromatic rings.